The van der Waals surface area contributed by atoms with Crippen molar-refractivity contribution in [2.75, 3.05) is 11.6 Å². The lowest BCUT2D eigenvalue weighted by Crippen LogP contribution is -2.13. The fourth-order valence-corrected chi connectivity index (χ4v) is 2.60. The molecule has 0 heterocycles. The summed E-state index contributed by atoms with van der Waals surface area (Å²) in [6.07, 6.45) is 1.03. The Bertz CT molecular complexity index is 853. The molecule has 116 valence electrons. The first kappa shape index (κ1) is 16.4. The van der Waals surface area contributed by atoms with E-state index in [0.29, 0.717) is 12.1 Å². The number of amides is 1. The van der Waals surface area contributed by atoms with Gasteiger partial charge in [0.15, 0.2) is 21.5 Å². The number of nitrogens with one attached hydrogen (secondary N) is 1. The monoisotopic (exact) mass is 345 g/mol. The molecule has 1 amide bonds. The minimum atomic E-state index is -3.43. The predicted molar refractivity (Wildman–Crippen MR) is 78.9 cm³/mol. The maximum absolute atomic E-state index is 13.2. The molecule has 0 bridgehead atoms. The molecule has 0 aliphatic rings. The average molecular weight is 346 g/mol. The minimum Gasteiger partial charge on any atom is -0.322 e. The lowest BCUT2D eigenvalue weighted by atomic mass is 10.2. The highest BCUT2D eigenvalue weighted by Crippen LogP contribution is 2.22. The average Bonchev–Trinajstić information content (AvgIpc) is 2.42. The van der Waals surface area contributed by atoms with Crippen molar-refractivity contribution in [3.05, 3.63) is 58.6 Å². The van der Waals surface area contributed by atoms with Crippen LogP contribution in [0.15, 0.2) is 41.3 Å². The first-order chi connectivity index (χ1) is 10.2. The van der Waals surface area contributed by atoms with Crippen LogP contribution in [0.1, 0.15) is 10.4 Å². The van der Waals surface area contributed by atoms with Crippen LogP contribution in [0.3, 0.4) is 0 Å². The zero-order chi connectivity index (χ0) is 16.5. The molecular weight excluding hydrogens is 336 g/mol. The maximum atomic E-state index is 13.2. The Morgan fingerprint density at radius 2 is 1.77 bits per heavy atom. The van der Waals surface area contributed by atoms with Crippen LogP contribution in [0.25, 0.3) is 0 Å². The normalized spacial score (nSPS) is 11.3. The fraction of sp³-hybridized carbons (Fsp3) is 0.0714. The van der Waals surface area contributed by atoms with E-state index in [0.717, 1.165) is 6.26 Å². The number of hydrogen-bond acceptors (Lipinski definition) is 3. The maximum Gasteiger partial charge on any atom is 0.257 e. The third-order valence-electron chi connectivity index (χ3n) is 2.77. The van der Waals surface area contributed by atoms with Crippen LogP contribution in [-0.2, 0) is 9.84 Å². The van der Waals surface area contributed by atoms with Crippen molar-refractivity contribution in [2.45, 2.75) is 4.90 Å². The van der Waals surface area contributed by atoms with Gasteiger partial charge in [0.1, 0.15) is 0 Å². The summed E-state index contributed by atoms with van der Waals surface area (Å²) in [5.41, 5.74) is -0.0703. The van der Waals surface area contributed by atoms with E-state index in [9.17, 15) is 22.0 Å². The van der Waals surface area contributed by atoms with E-state index in [1.165, 1.54) is 24.3 Å². The number of anilines is 1. The number of rotatable bonds is 3. The largest absolute Gasteiger partial charge is 0.322 e. The molecular formula is C14H10ClF2NO3S. The number of carbonyl (C=O) groups is 1. The highest BCUT2D eigenvalue weighted by atomic mass is 35.5. The Hall–Kier alpha value is -1.99. The molecule has 0 fully saturated rings. The third-order valence-corrected chi connectivity index (χ3v) is 4.20. The van der Waals surface area contributed by atoms with Crippen molar-refractivity contribution in [2.24, 2.45) is 0 Å². The van der Waals surface area contributed by atoms with Gasteiger partial charge >= 0.3 is 0 Å². The van der Waals surface area contributed by atoms with Crippen molar-refractivity contribution in [3.8, 4) is 0 Å². The smallest absolute Gasteiger partial charge is 0.257 e. The molecule has 0 radical (unpaired) electrons. The van der Waals surface area contributed by atoms with Gasteiger partial charge in [-0.3, -0.25) is 4.79 Å². The highest BCUT2D eigenvalue weighted by molar-refractivity contribution is 7.90. The summed E-state index contributed by atoms with van der Waals surface area (Å²) in [6, 6.07) is 6.89. The number of carbonyl (C=O) groups excluding carboxylic acids is 1. The van der Waals surface area contributed by atoms with Crippen LogP contribution >= 0.6 is 11.6 Å². The second-order valence-corrected chi connectivity index (χ2v) is 6.92. The van der Waals surface area contributed by atoms with Crippen LogP contribution in [-0.4, -0.2) is 20.6 Å². The molecule has 0 atom stereocenters. The van der Waals surface area contributed by atoms with Crippen molar-refractivity contribution in [1.82, 2.24) is 0 Å². The molecule has 2 aromatic carbocycles. The number of benzene rings is 2. The van der Waals surface area contributed by atoms with Gasteiger partial charge in [0, 0.05) is 11.9 Å². The molecule has 22 heavy (non-hydrogen) atoms. The van der Waals surface area contributed by atoms with E-state index in [2.05, 4.69) is 5.32 Å². The molecule has 1 N–H and O–H groups in total. The molecule has 0 unspecified atom stereocenters. The molecule has 0 aliphatic carbocycles. The van der Waals surface area contributed by atoms with E-state index in [4.69, 9.17) is 11.6 Å². The van der Waals surface area contributed by atoms with E-state index in [1.54, 1.807) is 0 Å². The van der Waals surface area contributed by atoms with Gasteiger partial charge in [-0.25, -0.2) is 17.2 Å². The Balaban J connectivity index is 2.32. The van der Waals surface area contributed by atoms with Crippen LogP contribution in [0.5, 0.6) is 0 Å². The second-order valence-electron chi connectivity index (χ2n) is 4.50. The summed E-state index contributed by atoms with van der Waals surface area (Å²) in [5, 5.41) is 2.13. The Kier molecular flexibility index (Phi) is 4.48. The second kappa shape index (κ2) is 6.02. The van der Waals surface area contributed by atoms with Crippen molar-refractivity contribution in [1.29, 1.82) is 0 Å². The fourth-order valence-electron chi connectivity index (χ4n) is 1.70. The Labute approximate surface area is 130 Å². The molecule has 2 rings (SSSR count). The van der Waals surface area contributed by atoms with E-state index in [-0.39, 0.29) is 21.2 Å². The van der Waals surface area contributed by atoms with Crippen molar-refractivity contribution in [3.63, 3.8) is 0 Å². The predicted octanol–water partition coefficient (Wildman–Crippen LogP) is 3.27. The van der Waals surface area contributed by atoms with Gasteiger partial charge in [-0.05, 0) is 30.3 Å². The van der Waals surface area contributed by atoms with Gasteiger partial charge < -0.3 is 5.32 Å². The quantitative estimate of drug-likeness (QED) is 0.868. The SMILES string of the molecule is CS(=O)(=O)c1cccc(NC(=O)c2cc(F)c(F)cc2Cl)c1. The first-order valence-electron chi connectivity index (χ1n) is 5.94. The summed E-state index contributed by atoms with van der Waals surface area (Å²) in [7, 11) is -3.43. The molecule has 0 saturated carbocycles. The van der Waals surface area contributed by atoms with Gasteiger partial charge in [0.05, 0.1) is 15.5 Å². The van der Waals surface area contributed by atoms with E-state index in [1.807, 2.05) is 0 Å². The summed E-state index contributed by atoms with van der Waals surface area (Å²) < 4.78 is 49.1. The Morgan fingerprint density at radius 1 is 1.14 bits per heavy atom. The molecule has 4 nitrogen and oxygen atoms in total. The third kappa shape index (κ3) is 3.61. The van der Waals surface area contributed by atoms with Gasteiger partial charge in [-0.15, -0.1) is 0 Å². The van der Waals surface area contributed by atoms with Crippen LogP contribution < -0.4 is 5.32 Å². The van der Waals surface area contributed by atoms with Crippen molar-refractivity contribution < 1.29 is 22.0 Å². The summed E-state index contributed by atoms with van der Waals surface area (Å²) >= 11 is 5.70. The van der Waals surface area contributed by atoms with Gasteiger partial charge in [0.2, 0.25) is 0 Å². The molecule has 0 saturated heterocycles. The molecule has 0 aromatic heterocycles. The zero-order valence-electron chi connectivity index (χ0n) is 11.2. The molecule has 2 aromatic rings. The topological polar surface area (TPSA) is 63.2 Å². The standard InChI is InChI=1S/C14H10ClF2NO3S/c1-22(20,21)9-4-2-3-8(5-9)18-14(19)10-6-12(16)13(17)7-11(10)15/h2-7H,1H3,(H,18,19). The Morgan fingerprint density at radius 3 is 2.41 bits per heavy atom. The summed E-state index contributed by atoms with van der Waals surface area (Å²) in [6.45, 7) is 0. The lowest BCUT2D eigenvalue weighted by Gasteiger charge is -2.08. The highest BCUT2D eigenvalue weighted by Gasteiger charge is 2.16. The summed E-state index contributed by atoms with van der Waals surface area (Å²) in [4.78, 5) is 12.0. The zero-order valence-corrected chi connectivity index (χ0v) is 12.8. The molecule has 0 spiro atoms. The number of sulfone groups is 1. The summed E-state index contributed by atoms with van der Waals surface area (Å²) in [5.74, 6) is -3.16. The molecule has 8 heteroatoms. The first-order valence-corrected chi connectivity index (χ1v) is 8.21. The van der Waals surface area contributed by atoms with E-state index >= 15 is 0 Å². The lowest BCUT2D eigenvalue weighted by molar-refractivity contribution is 0.102. The van der Waals surface area contributed by atoms with Crippen molar-refractivity contribution >= 4 is 33.0 Å². The number of hydrogen-bond donors (Lipinski definition) is 1. The molecule has 0 aliphatic heterocycles. The van der Waals surface area contributed by atoms with E-state index < -0.39 is 27.4 Å². The minimum absolute atomic E-state index is 0.0154. The van der Waals surface area contributed by atoms with Gasteiger partial charge in [0.25, 0.3) is 5.91 Å². The van der Waals surface area contributed by atoms with Gasteiger partial charge in [-0.1, -0.05) is 17.7 Å². The number of halogens is 3. The van der Waals surface area contributed by atoms with Crippen LogP contribution in [0.2, 0.25) is 5.02 Å². The van der Waals surface area contributed by atoms with Crippen LogP contribution in [0, 0.1) is 11.6 Å². The van der Waals surface area contributed by atoms with Gasteiger partial charge in [-0.2, -0.15) is 0 Å². The van der Waals surface area contributed by atoms with Crippen LogP contribution in [0.4, 0.5) is 14.5 Å².